The molecule has 2 rings (SSSR count). The van der Waals surface area contributed by atoms with Gasteiger partial charge in [0.15, 0.2) is 0 Å². The number of hydrogen-bond acceptors (Lipinski definition) is 3. The Balaban J connectivity index is 2.27. The summed E-state index contributed by atoms with van der Waals surface area (Å²) in [6.07, 6.45) is -6.41. The van der Waals surface area contributed by atoms with Crippen LogP contribution in [0.4, 0.5) is 13.2 Å². The van der Waals surface area contributed by atoms with Gasteiger partial charge < -0.3 is 15.4 Å². The van der Waals surface area contributed by atoms with E-state index in [1.165, 1.54) is 29.8 Å². The van der Waals surface area contributed by atoms with Crippen LogP contribution in [0.2, 0.25) is 0 Å². The van der Waals surface area contributed by atoms with Crippen LogP contribution in [0.1, 0.15) is 16.8 Å². The number of hydrogen-bond donors (Lipinski definition) is 3. The van der Waals surface area contributed by atoms with Crippen LogP contribution in [-0.2, 0) is 11.8 Å². The summed E-state index contributed by atoms with van der Waals surface area (Å²) in [7, 11) is 1.45. The molecule has 10 heteroatoms. The lowest BCUT2D eigenvalue weighted by Gasteiger charge is -2.16. The van der Waals surface area contributed by atoms with Gasteiger partial charge in [-0.3, -0.25) is 9.36 Å². The summed E-state index contributed by atoms with van der Waals surface area (Å²) in [6, 6.07) is 1.88. The van der Waals surface area contributed by atoms with Crippen molar-refractivity contribution in [1.82, 2.24) is 14.9 Å². The molecule has 1 aromatic carbocycles. The number of halogens is 3. The minimum atomic E-state index is -4.73. The number of fused-ring (bicyclic) bond motifs is 1. The van der Waals surface area contributed by atoms with Crippen molar-refractivity contribution in [3.05, 3.63) is 34.2 Å². The Morgan fingerprint density at radius 1 is 1.39 bits per heavy atom. The number of carbonyl (C=O) groups excluding carboxylic acids is 1. The molecule has 0 radical (unpaired) electrons. The lowest BCUT2D eigenvalue weighted by Crippen LogP contribution is -2.43. The van der Waals surface area contributed by atoms with E-state index in [9.17, 15) is 27.6 Å². The highest BCUT2D eigenvalue weighted by Gasteiger charge is 2.36. The summed E-state index contributed by atoms with van der Waals surface area (Å²) >= 11 is 0. The van der Waals surface area contributed by atoms with Crippen LogP contribution < -0.4 is 11.0 Å². The van der Waals surface area contributed by atoms with Crippen LogP contribution in [0.15, 0.2) is 23.0 Å². The highest BCUT2D eigenvalue weighted by atomic mass is 19.4. The summed E-state index contributed by atoms with van der Waals surface area (Å²) in [5.41, 5.74) is 0.336. The summed E-state index contributed by atoms with van der Waals surface area (Å²) in [5.74, 6) is -2.76. The molecule has 0 aliphatic heterocycles. The number of aliphatic carboxylic acids is 1. The van der Waals surface area contributed by atoms with Gasteiger partial charge in [-0.15, -0.1) is 0 Å². The molecular weight excluding hydrogens is 319 g/mol. The van der Waals surface area contributed by atoms with Gasteiger partial charge in [-0.1, -0.05) is 0 Å². The number of imidazole rings is 1. The standard InChI is InChI=1S/C13H12F3N3O4/c1-19-9-4-6(2-3-7(9)18-12(19)23)10(20)17-8(11(21)22)5-13(14,15)16/h2-4,8H,5H2,1H3,(H,17,20)(H,18,23)(H,21,22). The summed E-state index contributed by atoms with van der Waals surface area (Å²) in [4.78, 5) is 36.8. The molecule has 2 aromatic rings. The van der Waals surface area contributed by atoms with E-state index in [0.29, 0.717) is 11.0 Å². The maximum absolute atomic E-state index is 12.3. The van der Waals surface area contributed by atoms with Gasteiger partial charge in [0, 0.05) is 12.6 Å². The van der Waals surface area contributed by atoms with E-state index in [1.54, 1.807) is 0 Å². The van der Waals surface area contributed by atoms with E-state index < -0.39 is 36.2 Å². The number of alkyl halides is 3. The summed E-state index contributed by atoms with van der Waals surface area (Å²) in [6.45, 7) is 0. The smallest absolute Gasteiger partial charge is 0.391 e. The second-order valence-corrected chi connectivity index (χ2v) is 4.90. The number of aryl methyl sites for hydroxylation is 1. The van der Waals surface area contributed by atoms with Gasteiger partial charge >= 0.3 is 17.8 Å². The lowest BCUT2D eigenvalue weighted by atomic mass is 10.1. The number of nitrogens with one attached hydrogen (secondary N) is 2. The predicted molar refractivity (Wildman–Crippen MR) is 73.1 cm³/mol. The fourth-order valence-electron chi connectivity index (χ4n) is 2.04. The number of carboxylic acids is 1. The van der Waals surface area contributed by atoms with Gasteiger partial charge in [0.05, 0.1) is 17.5 Å². The van der Waals surface area contributed by atoms with Crippen molar-refractivity contribution in [3.8, 4) is 0 Å². The average molecular weight is 331 g/mol. The molecule has 7 nitrogen and oxygen atoms in total. The molecule has 23 heavy (non-hydrogen) atoms. The molecule has 1 aromatic heterocycles. The Bertz CT molecular complexity index is 822. The number of H-pyrrole nitrogens is 1. The van der Waals surface area contributed by atoms with Gasteiger partial charge in [0.2, 0.25) is 0 Å². The largest absolute Gasteiger partial charge is 0.480 e. The lowest BCUT2D eigenvalue weighted by molar-refractivity contribution is -0.157. The molecular formula is C13H12F3N3O4. The molecule has 0 saturated heterocycles. The number of amides is 1. The summed E-state index contributed by atoms with van der Waals surface area (Å²) in [5, 5.41) is 10.6. The minimum Gasteiger partial charge on any atom is -0.480 e. The van der Waals surface area contributed by atoms with Gasteiger partial charge in [0.25, 0.3) is 5.91 Å². The molecule has 1 heterocycles. The predicted octanol–water partition coefficient (Wildman–Crippen LogP) is 1.00. The molecule has 3 N–H and O–H groups in total. The Kier molecular flexibility index (Phi) is 4.17. The van der Waals surface area contributed by atoms with Gasteiger partial charge in [-0.05, 0) is 18.2 Å². The first-order valence-corrected chi connectivity index (χ1v) is 6.37. The van der Waals surface area contributed by atoms with Crippen molar-refractivity contribution in [1.29, 1.82) is 0 Å². The van der Waals surface area contributed by atoms with Crippen molar-refractivity contribution in [2.45, 2.75) is 18.6 Å². The molecule has 1 unspecified atom stereocenters. The molecule has 0 bridgehead atoms. The zero-order valence-electron chi connectivity index (χ0n) is 11.8. The van der Waals surface area contributed by atoms with Crippen LogP contribution >= 0.6 is 0 Å². The first-order chi connectivity index (χ1) is 10.6. The van der Waals surface area contributed by atoms with Crippen molar-refractivity contribution in [3.63, 3.8) is 0 Å². The quantitative estimate of drug-likeness (QED) is 0.777. The van der Waals surface area contributed by atoms with Crippen molar-refractivity contribution < 1.29 is 27.9 Å². The van der Waals surface area contributed by atoms with E-state index in [1.807, 2.05) is 5.32 Å². The van der Waals surface area contributed by atoms with E-state index >= 15 is 0 Å². The third-order valence-electron chi connectivity index (χ3n) is 3.21. The Hall–Kier alpha value is -2.78. The Morgan fingerprint density at radius 3 is 2.61 bits per heavy atom. The minimum absolute atomic E-state index is 0.0551. The fourth-order valence-corrected chi connectivity index (χ4v) is 2.04. The van der Waals surface area contributed by atoms with Gasteiger partial charge in [-0.25, -0.2) is 9.59 Å². The molecule has 0 aliphatic carbocycles. The molecule has 1 atom stereocenters. The van der Waals surface area contributed by atoms with E-state index in [0.717, 1.165) is 0 Å². The number of carboxylic acid groups (broad SMARTS) is 1. The molecule has 0 fully saturated rings. The zero-order valence-corrected chi connectivity index (χ0v) is 11.8. The molecule has 0 saturated carbocycles. The average Bonchev–Trinajstić information content (AvgIpc) is 2.71. The van der Waals surface area contributed by atoms with Gasteiger partial charge in [-0.2, -0.15) is 13.2 Å². The normalized spacial score (nSPS) is 13.0. The number of carbonyl (C=O) groups is 2. The number of nitrogens with zero attached hydrogens (tertiary/aromatic N) is 1. The molecule has 0 spiro atoms. The Labute approximate surface area is 126 Å². The van der Waals surface area contributed by atoms with Crippen molar-refractivity contribution >= 4 is 22.9 Å². The fraction of sp³-hybridized carbons (Fsp3) is 0.308. The number of rotatable bonds is 4. The van der Waals surface area contributed by atoms with E-state index in [4.69, 9.17) is 5.11 Å². The van der Waals surface area contributed by atoms with Crippen LogP contribution in [0.25, 0.3) is 11.0 Å². The molecule has 1 amide bonds. The number of aromatic amines is 1. The first-order valence-electron chi connectivity index (χ1n) is 6.37. The number of benzene rings is 1. The van der Waals surface area contributed by atoms with Gasteiger partial charge in [0.1, 0.15) is 6.04 Å². The second-order valence-electron chi connectivity index (χ2n) is 4.90. The first kappa shape index (κ1) is 16.6. The summed E-state index contributed by atoms with van der Waals surface area (Å²) < 4.78 is 38.2. The number of aromatic nitrogens is 2. The van der Waals surface area contributed by atoms with E-state index in [-0.39, 0.29) is 5.56 Å². The molecule has 124 valence electrons. The second kappa shape index (κ2) is 5.78. The van der Waals surface area contributed by atoms with Crippen molar-refractivity contribution in [2.75, 3.05) is 0 Å². The Morgan fingerprint density at radius 2 is 2.04 bits per heavy atom. The monoisotopic (exact) mass is 331 g/mol. The topological polar surface area (TPSA) is 104 Å². The van der Waals surface area contributed by atoms with E-state index in [2.05, 4.69) is 4.98 Å². The SMILES string of the molecule is Cn1c(=O)[nH]c2ccc(C(=O)NC(CC(F)(F)F)C(=O)O)cc21. The zero-order chi connectivity index (χ0) is 17.4. The highest BCUT2D eigenvalue weighted by molar-refractivity contribution is 5.99. The maximum Gasteiger partial charge on any atom is 0.391 e. The van der Waals surface area contributed by atoms with Crippen LogP contribution in [0.3, 0.4) is 0 Å². The van der Waals surface area contributed by atoms with Crippen LogP contribution in [-0.4, -0.2) is 38.8 Å². The highest BCUT2D eigenvalue weighted by Crippen LogP contribution is 2.22. The third-order valence-corrected chi connectivity index (χ3v) is 3.21. The van der Waals surface area contributed by atoms with Crippen LogP contribution in [0, 0.1) is 0 Å². The third kappa shape index (κ3) is 3.71. The molecule has 0 aliphatic rings. The van der Waals surface area contributed by atoms with Crippen LogP contribution in [0.5, 0.6) is 0 Å². The van der Waals surface area contributed by atoms with Crippen molar-refractivity contribution in [2.24, 2.45) is 7.05 Å². The maximum atomic E-state index is 12.3.